The van der Waals surface area contributed by atoms with Gasteiger partial charge in [0.1, 0.15) is 0 Å². The summed E-state index contributed by atoms with van der Waals surface area (Å²) in [5.41, 5.74) is 5.63. The van der Waals surface area contributed by atoms with Gasteiger partial charge in [-0.3, -0.25) is 0 Å². The SMILES string of the molecule is N[C@H]1C2CCC(CC2)[C@@H]1C(F)(F)F. The van der Waals surface area contributed by atoms with Gasteiger partial charge in [0.2, 0.25) is 0 Å². The first kappa shape index (κ1) is 9.31. The van der Waals surface area contributed by atoms with Crippen molar-refractivity contribution < 1.29 is 13.2 Å². The molecule has 0 aromatic rings. The van der Waals surface area contributed by atoms with Crippen LogP contribution in [0.15, 0.2) is 0 Å². The molecule has 2 bridgehead atoms. The molecule has 3 saturated carbocycles. The Morgan fingerprint density at radius 1 is 0.923 bits per heavy atom. The lowest BCUT2D eigenvalue weighted by Crippen LogP contribution is -2.54. The fourth-order valence-electron chi connectivity index (χ4n) is 2.98. The summed E-state index contributed by atoms with van der Waals surface area (Å²) < 4.78 is 37.7. The van der Waals surface area contributed by atoms with E-state index in [1.807, 2.05) is 0 Å². The molecule has 2 atom stereocenters. The van der Waals surface area contributed by atoms with Crippen LogP contribution in [0.4, 0.5) is 13.2 Å². The summed E-state index contributed by atoms with van der Waals surface area (Å²) in [6.07, 6.45) is -0.828. The predicted molar refractivity (Wildman–Crippen MR) is 43.0 cm³/mol. The summed E-state index contributed by atoms with van der Waals surface area (Å²) in [7, 11) is 0. The minimum atomic E-state index is -4.08. The molecular weight excluding hydrogens is 179 g/mol. The van der Waals surface area contributed by atoms with Crippen LogP contribution in [0, 0.1) is 17.8 Å². The first-order valence-corrected chi connectivity index (χ1v) is 4.82. The topological polar surface area (TPSA) is 26.0 Å². The Morgan fingerprint density at radius 2 is 1.38 bits per heavy atom. The van der Waals surface area contributed by atoms with Crippen molar-refractivity contribution in [2.75, 3.05) is 0 Å². The van der Waals surface area contributed by atoms with E-state index in [1.165, 1.54) is 0 Å². The highest BCUT2D eigenvalue weighted by atomic mass is 19.4. The highest BCUT2D eigenvalue weighted by Gasteiger charge is 2.54. The van der Waals surface area contributed by atoms with Gasteiger partial charge in [-0.15, -0.1) is 0 Å². The number of halogens is 3. The zero-order valence-electron chi connectivity index (χ0n) is 7.35. The van der Waals surface area contributed by atoms with Crippen LogP contribution in [0.1, 0.15) is 25.7 Å². The second-order valence-electron chi connectivity index (χ2n) is 4.32. The van der Waals surface area contributed by atoms with Crippen molar-refractivity contribution in [2.45, 2.75) is 37.9 Å². The van der Waals surface area contributed by atoms with Crippen LogP contribution in [-0.2, 0) is 0 Å². The van der Waals surface area contributed by atoms with E-state index in [0.29, 0.717) is 0 Å². The van der Waals surface area contributed by atoms with Gasteiger partial charge in [0.25, 0.3) is 0 Å². The van der Waals surface area contributed by atoms with Gasteiger partial charge < -0.3 is 5.73 Å². The lowest BCUT2D eigenvalue weighted by Gasteiger charge is -2.47. The Bertz CT molecular complexity index is 192. The average molecular weight is 193 g/mol. The summed E-state index contributed by atoms with van der Waals surface area (Å²) in [6, 6.07) is -0.632. The summed E-state index contributed by atoms with van der Waals surface area (Å²) in [4.78, 5) is 0. The van der Waals surface area contributed by atoms with Crippen molar-refractivity contribution in [1.82, 2.24) is 0 Å². The van der Waals surface area contributed by atoms with Gasteiger partial charge in [0, 0.05) is 6.04 Å². The predicted octanol–water partition coefficient (Wildman–Crippen LogP) is 2.31. The molecule has 0 aromatic heterocycles. The molecule has 4 heteroatoms. The van der Waals surface area contributed by atoms with E-state index in [4.69, 9.17) is 5.73 Å². The molecule has 0 heterocycles. The molecular formula is C9H14F3N. The van der Waals surface area contributed by atoms with E-state index < -0.39 is 18.1 Å². The molecule has 2 N–H and O–H groups in total. The average Bonchev–Trinajstić information content (AvgIpc) is 2.03. The Hall–Kier alpha value is -0.250. The fraction of sp³-hybridized carbons (Fsp3) is 1.00. The molecule has 1 nitrogen and oxygen atoms in total. The molecule has 0 radical (unpaired) electrons. The molecule has 76 valence electrons. The summed E-state index contributed by atoms with van der Waals surface area (Å²) in [5, 5.41) is 0. The molecule has 13 heavy (non-hydrogen) atoms. The molecule has 0 saturated heterocycles. The van der Waals surface area contributed by atoms with Crippen molar-refractivity contribution in [3.8, 4) is 0 Å². The standard InChI is InChI=1S/C9H14F3N/c10-9(11,12)7-5-1-3-6(4-2-5)8(7)13/h5-8H,1-4,13H2/t5?,6?,7-,8-/m0/s1. The van der Waals surface area contributed by atoms with Crippen LogP contribution in [0.25, 0.3) is 0 Å². The molecule has 3 fully saturated rings. The smallest absolute Gasteiger partial charge is 0.327 e. The van der Waals surface area contributed by atoms with Gasteiger partial charge in [-0.2, -0.15) is 13.2 Å². The Labute approximate surface area is 75.5 Å². The molecule has 3 aliphatic rings. The molecule has 0 unspecified atom stereocenters. The van der Waals surface area contributed by atoms with Gasteiger partial charge in [-0.25, -0.2) is 0 Å². The quantitative estimate of drug-likeness (QED) is 0.627. The normalized spacial score (nSPS) is 45.2. The first-order valence-electron chi connectivity index (χ1n) is 4.82. The van der Waals surface area contributed by atoms with Crippen molar-refractivity contribution in [3.63, 3.8) is 0 Å². The van der Waals surface area contributed by atoms with Crippen molar-refractivity contribution >= 4 is 0 Å². The summed E-state index contributed by atoms with van der Waals surface area (Å²) >= 11 is 0. The second-order valence-corrected chi connectivity index (χ2v) is 4.32. The van der Waals surface area contributed by atoms with Gasteiger partial charge >= 0.3 is 6.18 Å². The molecule has 3 rings (SSSR count). The van der Waals surface area contributed by atoms with Crippen LogP contribution in [0.2, 0.25) is 0 Å². The molecule has 0 amide bonds. The molecule has 0 spiro atoms. The molecule has 0 aromatic carbocycles. The van der Waals surface area contributed by atoms with Crippen LogP contribution in [0.5, 0.6) is 0 Å². The molecule has 3 aliphatic carbocycles. The zero-order valence-corrected chi connectivity index (χ0v) is 7.35. The number of hydrogen-bond acceptors (Lipinski definition) is 1. The van der Waals surface area contributed by atoms with Gasteiger partial charge in [-0.1, -0.05) is 0 Å². The maximum absolute atomic E-state index is 12.6. The number of fused-ring (bicyclic) bond motifs is 3. The van der Waals surface area contributed by atoms with Crippen LogP contribution in [0.3, 0.4) is 0 Å². The van der Waals surface area contributed by atoms with E-state index >= 15 is 0 Å². The second kappa shape index (κ2) is 2.87. The van der Waals surface area contributed by atoms with E-state index in [9.17, 15) is 13.2 Å². The Morgan fingerprint density at radius 3 is 1.69 bits per heavy atom. The first-order chi connectivity index (χ1) is 6.00. The van der Waals surface area contributed by atoms with E-state index in [2.05, 4.69) is 0 Å². The monoisotopic (exact) mass is 193 g/mol. The number of rotatable bonds is 0. The van der Waals surface area contributed by atoms with Crippen molar-refractivity contribution in [3.05, 3.63) is 0 Å². The lowest BCUT2D eigenvalue weighted by molar-refractivity contribution is -0.215. The third kappa shape index (κ3) is 1.45. The third-order valence-corrected chi connectivity index (χ3v) is 3.66. The van der Waals surface area contributed by atoms with Crippen molar-refractivity contribution in [2.24, 2.45) is 23.5 Å². The zero-order chi connectivity index (χ0) is 9.64. The van der Waals surface area contributed by atoms with Gasteiger partial charge in [-0.05, 0) is 37.5 Å². The number of alkyl halides is 3. The number of nitrogens with two attached hydrogens (primary N) is 1. The van der Waals surface area contributed by atoms with E-state index in [1.54, 1.807) is 0 Å². The summed E-state index contributed by atoms with van der Waals surface area (Å²) in [5.74, 6) is -1.29. The van der Waals surface area contributed by atoms with Gasteiger partial charge in [0.15, 0.2) is 0 Å². The highest BCUT2D eigenvalue weighted by Crippen LogP contribution is 2.50. The highest BCUT2D eigenvalue weighted by molar-refractivity contribution is 4.97. The van der Waals surface area contributed by atoms with Crippen LogP contribution >= 0.6 is 0 Å². The molecule has 0 aliphatic heterocycles. The lowest BCUT2D eigenvalue weighted by atomic mass is 9.62. The fourth-order valence-corrected chi connectivity index (χ4v) is 2.98. The van der Waals surface area contributed by atoms with E-state index in [0.717, 1.165) is 25.7 Å². The van der Waals surface area contributed by atoms with Crippen LogP contribution < -0.4 is 5.73 Å². The minimum absolute atomic E-state index is 0.122. The number of hydrogen-bond donors (Lipinski definition) is 1. The third-order valence-electron chi connectivity index (χ3n) is 3.66. The largest absolute Gasteiger partial charge is 0.393 e. The maximum atomic E-state index is 12.6. The maximum Gasteiger partial charge on any atom is 0.393 e. The Balaban J connectivity index is 2.19. The van der Waals surface area contributed by atoms with Crippen LogP contribution in [-0.4, -0.2) is 12.2 Å². The van der Waals surface area contributed by atoms with Crippen molar-refractivity contribution in [1.29, 1.82) is 0 Å². The minimum Gasteiger partial charge on any atom is -0.327 e. The van der Waals surface area contributed by atoms with E-state index in [-0.39, 0.29) is 11.8 Å². The van der Waals surface area contributed by atoms with Gasteiger partial charge in [0.05, 0.1) is 5.92 Å². The summed E-state index contributed by atoms with van der Waals surface area (Å²) in [6.45, 7) is 0. The Kier molecular flexibility index (Phi) is 2.06.